The van der Waals surface area contributed by atoms with E-state index in [1.807, 2.05) is 0 Å². The Morgan fingerprint density at radius 1 is 0.615 bits per heavy atom. The van der Waals surface area contributed by atoms with E-state index in [1.54, 1.807) is 47.0 Å². The maximum absolute atomic E-state index is 5.71. The summed E-state index contributed by atoms with van der Waals surface area (Å²) in [4.78, 5) is 0. The van der Waals surface area contributed by atoms with Crippen molar-refractivity contribution in [1.29, 1.82) is 0 Å². The van der Waals surface area contributed by atoms with Crippen molar-refractivity contribution in [3.63, 3.8) is 0 Å². The minimum atomic E-state index is 0.927. The lowest BCUT2D eigenvalue weighted by atomic mass is 9.97. The molecule has 0 saturated heterocycles. The van der Waals surface area contributed by atoms with Gasteiger partial charge in [0.2, 0.25) is 0 Å². The Morgan fingerprint density at radius 2 is 1.12 bits per heavy atom. The van der Waals surface area contributed by atoms with Crippen LogP contribution in [0, 0.1) is 12.3 Å². The van der Waals surface area contributed by atoms with Crippen LogP contribution in [0.1, 0.15) is 5.56 Å². The van der Waals surface area contributed by atoms with E-state index >= 15 is 0 Å². The highest BCUT2D eigenvalue weighted by Crippen LogP contribution is 2.41. The summed E-state index contributed by atoms with van der Waals surface area (Å²) >= 11 is 7.19. The second-order valence-corrected chi connectivity index (χ2v) is 9.97. The predicted molar refractivity (Wildman–Crippen MR) is 124 cm³/mol. The molecule has 0 saturated carbocycles. The Balaban J connectivity index is 2.11. The maximum atomic E-state index is 5.71. The summed E-state index contributed by atoms with van der Waals surface area (Å²) in [7, 11) is 0. The van der Waals surface area contributed by atoms with Gasteiger partial charge in [0.15, 0.2) is 0 Å². The van der Waals surface area contributed by atoms with Crippen LogP contribution in [0.4, 0.5) is 0 Å². The van der Waals surface area contributed by atoms with Gasteiger partial charge in [0, 0.05) is 16.0 Å². The molecule has 2 aliphatic heterocycles. The monoisotopic (exact) mass is 404 g/mol. The van der Waals surface area contributed by atoms with Crippen molar-refractivity contribution in [3.05, 3.63) is 80.1 Å². The maximum Gasteiger partial charge on any atom is 0.0571 e. The summed E-state index contributed by atoms with van der Waals surface area (Å²) < 4.78 is 2.66. The number of rotatable bonds is 0. The van der Waals surface area contributed by atoms with Gasteiger partial charge in [-0.2, -0.15) is 0 Å². The van der Waals surface area contributed by atoms with E-state index in [0.717, 1.165) is 5.56 Å². The molecule has 0 N–H and O–H groups in total. The molecule has 0 bridgehead atoms. The van der Waals surface area contributed by atoms with E-state index in [2.05, 4.69) is 70.0 Å². The van der Waals surface area contributed by atoms with E-state index in [4.69, 9.17) is 6.42 Å². The van der Waals surface area contributed by atoms with E-state index in [0.29, 0.717) is 0 Å². The van der Waals surface area contributed by atoms with Crippen LogP contribution in [0.25, 0.3) is 30.0 Å². The van der Waals surface area contributed by atoms with Gasteiger partial charge in [-0.05, 0) is 55.3 Å². The molecule has 0 nitrogen and oxygen atoms in total. The summed E-state index contributed by atoms with van der Waals surface area (Å²) in [6, 6.07) is 15.2. The van der Waals surface area contributed by atoms with Crippen LogP contribution in [0.2, 0.25) is 0 Å². The molecule has 0 fully saturated rings. The third kappa shape index (κ3) is 2.62. The molecule has 3 aromatic carbocycles. The fourth-order valence-corrected chi connectivity index (χ4v) is 7.20. The zero-order valence-corrected chi connectivity index (χ0v) is 16.8. The van der Waals surface area contributed by atoms with Gasteiger partial charge in [-0.15, -0.1) is 6.42 Å². The molecule has 0 atom stereocenters. The number of thioether (sulfide) groups is 4. The molecular weight excluding hydrogens is 393 g/mol. The Morgan fingerprint density at radius 3 is 1.65 bits per heavy atom. The van der Waals surface area contributed by atoms with Crippen molar-refractivity contribution in [2.75, 3.05) is 0 Å². The van der Waals surface area contributed by atoms with Gasteiger partial charge >= 0.3 is 0 Å². The molecule has 0 aromatic heterocycles. The number of hydrogen-bond donors (Lipinski definition) is 0. The van der Waals surface area contributed by atoms with Crippen LogP contribution in [0.5, 0.6) is 0 Å². The van der Waals surface area contributed by atoms with Crippen molar-refractivity contribution >= 4 is 77.1 Å². The average molecular weight is 405 g/mol. The first-order chi connectivity index (χ1) is 12.9. The highest BCUT2D eigenvalue weighted by Gasteiger charge is 2.15. The lowest BCUT2D eigenvalue weighted by Crippen LogP contribution is -2.17. The standard InChI is InChI=1S/C22H12S4/c1-2-14-7-8-17-18(13-14)20(22-25-11-12-26-22)16-6-4-3-5-15(16)19(17)21-23-9-10-24-21/h1,3-13H. The highest BCUT2D eigenvalue weighted by molar-refractivity contribution is 8.35. The van der Waals surface area contributed by atoms with Crippen molar-refractivity contribution in [3.8, 4) is 12.3 Å². The first-order valence-electron chi connectivity index (χ1n) is 8.03. The molecule has 0 spiro atoms. The topological polar surface area (TPSA) is 0 Å². The van der Waals surface area contributed by atoms with Gasteiger partial charge in [0.05, 0.1) is 8.47 Å². The molecule has 5 rings (SSSR count). The highest BCUT2D eigenvalue weighted by atomic mass is 32.2. The summed E-state index contributed by atoms with van der Waals surface area (Å²) in [6.45, 7) is 0. The van der Waals surface area contributed by atoms with Crippen LogP contribution >= 0.6 is 47.0 Å². The minimum absolute atomic E-state index is 0.927. The van der Waals surface area contributed by atoms with Crippen LogP contribution < -0.4 is 10.4 Å². The fraction of sp³-hybridized carbons (Fsp3) is 0. The molecule has 2 aliphatic rings. The minimum Gasteiger partial charge on any atom is -0.115 e. The first-order valence-corrected chi connectivity index (χ1v) is 11.5. The lowest BCUT2D eigenvalue weighted by molar-refractivity contribution is 1.66. The number of terminal acetylenes is 1. The van der Waals surface area contributed by atoms with Crippen LogP contribution in [0.15, 0.2) is 64.1 Å². The molecule has 0 amide bonds. The number of fused-ring (bicyclic) bond motifs is 2. The van der Waals surface area contributed by atoms with Crippen molar-refractivity contribution in [1.82, 2.24) is 0 Å². The SMILES string of the molecule is C#Cc1ccc2c(=C3SC=CS3)c3ccccc3c(=C3SC=CS3)c2c1. The zero-order valence-electron chi connectivity index (χ0n) is 13.6. The van der Waals surface area contributed by atoms with Crippen LogP contribution in [-0.4, -0.2) is 0 Å². The van der Waals surface area contributed by atoms with Gasteiger partial charge in [0.25, 0.3) is 0 Å². The average Bonchev–Trinajstić information content (AvgIpc) is 3.39. The van der Waals surface area contributed by atoms with E-state index in [9.17, 15) is 0 Å². The Bertz CT molecular complexity index is 1270. The summed E-state index contributed by atoms with van der Waals surface area (Å²) in [5.74, 6) is 2.81. The summed E-state index contributed by atoms with van der Waals surface area (Å²) in [5.41, 5.74) is 0.927. The molecular formula is C22H12S4. The van der Waals surface area contributed by atoms with E-state index in [1.165, 1.54) is 40.5 Å². The Hall–Kier alpha value is -1.64. The summed E-state index contributed by atoms with van der Waals surface area (Å²) in [6.07, 6.45) is 5.71. The van der Waals surface area contributed by atoms with E-state index in [-0.39, 0.29) is 0 Å². The summed E-state index contributed by atoms with van der Waals surface area (Å²) in [5, 5.41) is 16.4. The van der Waals surface area contributed by atoms with Crippen LogP contribution in [0.3, 0.4) is 0 Å². The molecule has 3 aromatic rings. The molecule has 0 radical (unpaired) electrons. The van der Waals surface area contributed by atoms with Gasteiger partial charge in [-0.25, -0.2) is 0 Å². The van der Waals surface area contributed by atoms with Crippen molar-refractivity contribution in [2.24, 2.45) is 0 Å². The third-order valence-electron chi connectivity index (χ3n) is 4.41. The smallest absolute Gasteiger partial charge is 0.0571 e. The molecule has 0 unspecified atom stereocenters. The van der Waals surface area contributed by atoms with E-state index < -0.39 is 0 Å². The van der Waals surface area contributed by atoms with Crippen molar-refractivity contribution < 1.29 is 0 Å². The molecule has 0 aliphatic carbocycles. The van der Waals surface area contributed by atoms with Crippen LogP contribution in [-0.2, 0) is 0 Å². The van der Waals surface area contributed by atoms with Gasteiger partial charge in [0.1, 0.15) is 0 Å². The van der Waals surface area contributed by atoms with Gasteiger partial charge < -0.3 is 0 Å². The lowest BCUT2D eigenvalue weighted by Gasteiger charge is -2.11. The zero-order chi connectivity index (χ0) is 17.5. The Labute approximate surface area is 168 Å². The third-order valence-corrected chi connectivity index (χ3v) is 8.67. The van der Waals surface area contributed by atoms with Crippen molar-refractivity contribution in [2.45, 2.75) is 0 Å². The van der Waals surface area contributed by atoms with Gasteiger partial charge in [-0.1, -0.05) is 83.3 Å². The molecule has 26 heavy (non-hydrogen) atoms. The first kappa shape index (κ1) is 16.5. The fourth-order valence-electron chi connectivity index (χ4n) is 3.36. The number of hydrogen-bond acceptors (Lipinski definition) is 4. The molecule has 2 heterocycles. The van der Waals surface area contributed by atoms with Gasteiger partial charge in [-0.3, -0.25) is 0 Å². The molecule has 4 heteroatoms. The second kappa shape index (κ2) is 6.83. The largest absolute Gasteiger partial charge is 0.115 e. The number of benzene rings is 3. The Kier molecular flexibility index (Phi) is 4.34. The normalized spacial score (nSPS) is 16.1. The predicted octanol–water partition coefficient (Wildman–Crippen LogP) is 6.01. The quantitative estimate of drug-likeness (QED) is 0.332. The second-order valence-electron chi connectivity index (χ2n) is 5.79. The molecule has 124 valence electrons.